The van der Waals surface area contributed by atoms with E-state index in [1.54, 1.807) is 19.1 Å². The molecule has 0 heterocycles. The molecule has 0 bridgehead atoms. The van der Waals surface area contributed by atoms with Crippen LogP contribution in [0.15, 0.2) is 36.9 Å². The minimum atomic E-state index is -0.914. The highest BCUT2D eigenvalue weighted by atomic mass is 19.2. The fraction of sp³-hybridized carbons (Fsp3) is 0.391. The summed E-state index contributed by atoms with van der Waals surface area (Å²) in [5, 5.41) is 0. The van der Waals surface area contributed by atoms with Gasteiger partial charge in [0.15, 0.2) is 11.6 Å². The number of ether oxygens (including phenoxy) is 2. The predicted molar refractivity (Wildman–Crippen MR) is 104 cm³/mol. The molecule has 0 spiro atoms. The molecule has 2 aromatic carbocycles. The molecule has 2 aromatic rings. The molecule has 0 amide bonds. The largest absolute Gasteiger partial charge is 0.491 e. The summed E-state index contributed by atoms with van der Waals surface area (Å²) < 4.78 is 53.3. The monoisotopic (exact) mass is 390 g/mol. The second-order valence-corrected chi connectivity index (χ2v) is 7.06. The van der Waals surface area contributed by atoms with E-state index in [4.69, 9.17) is 9.47 Å². The van der Waals surface area contributed by atoms with Crippen molar-refractivity contribution in [3.8, 4) is 5.75 Å². The first kappa shape index (κ1) is 20.5. The van der Waals surface area contributed by atoms with Crippen LogP contribution in [0.2, 0.25) is 0 Å². The molecule has 1 saturated carbocycles. The fourth-order valence-electron chi connectivity index (χ4n) is 3.71. The quantitative estimate of drug-likeness (QED) is 0.545. The molecule has 0 radical (unpaired) electrons. The molecule has 0 atom stereocenters. The van der Waals surface area contributed by atoms with E-state index in [1.807, 2.05) is 6.07 Å². The normalized spacial score (nSPS) is 19.4. The van der Waals surface area contributed by atoms with Crippen molar-refractivity contribution in [1.82, 2.24) is 0 Å². The maximum Gasteiger partial charge on any atom is 0.200 e. The third kappa shape index (κ3) is 4.58. The van der Waals surface area contributed by atoms with E-state index in [0.29, 0.717) is 24.3 Å². The highest BCUT2D eigenvalue weighted by Gasteiger charge is 2.27. The van der Waals surface area contributed by atoms with Crippen LogP contribution in [0.3, 0.4) is 0 Å². The summed E-state index contributed by atoms with van der Waals surface area (Å²) in [5.74, 6) is -2.12. The Morgan fingerprint density at radius 1 is 1.04 bits per heavy atom. The van der Waals surface area contributed by atoms with Crippen LogP contribution in [0, 0.1) is 17.5 Å². The van der Waals surface area contributed by atoms with Gasteiger partial charge in [-0.25, -0.2) is 8.78 Å². The van der Waals surface area contributed by atoms with E-state index in [-0.39, 0.29) is 23.6 Å². The van der Waals surface area contributed by atoms with E-state index in [0.717, 1.165) is 31.2 Å². The summed E-state index contributed by atoms with van der Waals surface area (Å²) in [5.41, 5.74) is 1.64. The van der Waals surface area contributed by atoms with Gasteiger partial charge in [0.1, 0.15) is 5.82 Å². The number of benzene rings is 2. The SMILES string of the molecule is C=Cc1ccc(COC2CCC(c3ccc(OCC)c(F)c3F)CC2)cc1F. The summed E-state index contributed by atoms with van der Waals surface area (Å²) in [7, 11) is 0. The van der Waals surface area contributed by atoms with E-state index in [9.17, 15) is 13.2 Å². The van der Waals surface area contributed by atoms with Crippen LogP contribution >= 0.6 is 0 Å². The molecule has 150 valence electrons. The minimum absolute atomic E-state index is 0.0330. The van der Waals surface area contributed by atoms with Crippen LogP contribution in [0.5, 0.6) is 5.75 Å². The summed E-state index contributed by atoms with van der Waals surface area (Å²) in [6, 6.07) is 8.09. The Morgan fingerprint density at radius 2 is 1.79 bits per heavy atom. The van der Waals surface area contributed by atoms with Crippen molar-refractivity contribution in [2.75, 3.05) is 6.61 Å². The van der Waals surface area contributed by atoms with Crippen molar-refractivity contribution in [1.29, 1.82) is 0 Å². The molecule has 0 saturated heterocycles. The number of hydrogen-bond donors (Lipinski definition) is 0. The zero-order chi connectivity index (χ0) is 20.1. The highest BCUT2D eigenvalue weighted by Crippen LogP contribution is 2.37. The van der Waals surface area contributed by atoms with Gasteiger partial charge in [0.05, 0.1) is 19.3 Å². The third-order valence-corrected chi connectivity index (χ3v) is 5.26. The van der Waals surface area contributed by atoms with Crippen LogP contribution in [0.25, 0.3) is 6.08 Å². The summed E-state index contributed by atoms with van der Waals surface area (Å²) in [6.45, 7) is 5.92. The van der Waals surface area contributed by atoms with Gasteiger partial charge in [-0.3, -0.25) is 0 Å². The van der Waals surface area contributed by atoms with Gasteiger partial charge in [0, 0.05) is 5.56 Å². The minimum Gasteiger partial charge on any atom is -0.491 e. The predicted octanol–water partition coefficient (Wildman–Crippen LogP) is 6.39. The van der Waals surface area contributed by atoms with Gasteiger partial charge in [-0.15, -0.1) is 0 Å². The van der Waals surface area contributed by atoms with Gasteiger partial charge in [-0.1, -0.05) is 30.9 Å². The van der Waals surface area contributed by atoms with Gasteiger partial charge in [0.2, 0.25) is 5.82 Å². The van der Waals surface area contributed by atoms with Crippen LogP contribution in [0.1, 0.15) is 55.2 Å². The van der Waals surface area contributed by atoms with Crippen LogP contribution in [0.4, 0.5) is 13.2 Å². The maximum atomic E-state index is 14.4. The molecule has 5 heteroatoms. The second kappa shape index (κ2) is 9.28. The van der Waals surface area contributed by atoms with Gasteiger partial charge < -0.3 is 9.47 Å². The van der Waals surface area contributed by atoms with E-state index >= 15 is 0 Å². The lowest BCUT2D eigenvalue weighted by atomic mass is 9.82. The molecular formula is C23H25F3O2. The summed E-state index contributed by atoms with van der Waals surface area (Å²) in [4.78, 5) is 0. The molecule has 1 aliphatic carbocycles. The van der Waals surface area contributed by atoms with Gasteiger partial charge in [-0.05, 0) is 61.8 Å². The molecule has 0 unspecified atom stereocenters. The van der Waals surface area contributed by atoms with Crippen LogP contribution in [-0.4, -0.2) is 12.7 Å². The van der Waals surface area contributed by atoms with Crippen LogP contribution < -0.4 is 4.74 Å². The third-order valence-electron chi connectivity index (χ3n) is 5.26. The van der Waals surface area contributed by atoms with E-state index < -0.39 is 11.6 Å². The van der Waals surface area contributed by atoms with Gasteiger partial charge in [0.25, 0.3) is 0 Å². The van der Waals surface area contributed by atoms with Crippen molar-refractivity contribution < 1.29 is 22.6 Å². The first-order valence-electron chi connectivity index (χ1n) is 9.66. The van der Waals surface area contributed by atoms with Gasteiger partial charge >= 0.3 is 0 Å². The van der Waals surface area contributed by atoms with Crippen molar-refractivity contribution in [2.24, 2.45) is 0 Å². The van der Waals surface area contributed by atoms with Gasteiger partial charge in [-0.2, -0.15) is 4.39 Å². The summed E-state index contributed by atoms with van der Waals surface area (Å²) >= 11 is 0. The van der Waals surface area contributed by atoms with E-state index in [1.165, 1.54) is 18.2 Å². The highest BCUT2D eigenvalue weighted by molar-refractivity contribution is 5.48. The Hall–Kier alpha value is -2.27. The molecule has 0 aromatic heterocycles. The lowest BCUT2D eigenvalue weighted by Gasteiger charge is -2.29. The van der Waals surface area contributed by atoms with Crippen molar-refractivity contribution in [3.63, 3.8) is 0 Å². The molecular weight excluding hydrogens is 365 g/mol. The molecule has 1 fully saturated rings. The Kier molecular flexibility index (Phi) is 6.79. The van der Waals surface area contributed by atoms with E-state index in [2.05, 4.69) is 6.58 Å². The second-order valence-electron chi connectivity index (χ2n) is 7.06. The van der Waals surface area contributed by atoms with Crippen molar-refractivity contribution in [2.45, 2.75) is 51.2 Å². The van der Waals surface area contributed by atoms with Crippen molar-refractivity contribution in [3.05, 3.63) is 71.1 Å². The molecule has 28 heavy (non-hydrogen) atoms. The van der Waals surface area contributed by atoms with Crippen molar-refractivity contribution >= 4 is 6.08 Å². The lowest BCUT2D eigenvalue weighted by Crippen LogP contribution is -2.21. The first-order chi connectivity index (χ1) is 13.5. The number of rotatable bonds is 7. The standard InChI is InChI=1S/C23H25F3O2/c1-3-16-6-5-15(13-20(16)24)14-28-18-9-7-17(8-10-18)19-11-12-21(27-4-2)23(26)22(19)25/h3,5-6,11-13,17-18H,1,4,7-10,14H2,2H3. The molecule has 0 aliphatic heterocycles. The zero-order valence-corrected chi connectivity index (χ0v) is 16.0. The lowest BCUT2D eigenvalue weighted by molar-refractivity contribution is 0.0130. The molecule has 3 rings (SSSR count). The van der Waals surface area contributed by atoms with Crippen LogP contribution in [-0.2, 0) is 11.3 Å². The topological polar surface area (TPSA) is 18.5 Å². The molecule has 1 aliphatic rings. The smallest absolute Gasteiger partial charge is 0.200 e. The Labute approximate surface area is 164 Å². The number of hydrogen-bond acceptors (Lipinski definition) is 2. The maximum absolute atomic E-state index is 14.4. The molecule has 2 nitrogen and oxygen atoms in total. The first-order valence-corrected chi connectivity index (χ1v) is 9.66. The average Bonchev–Trinajstić information content (AvgIpc) is 2.71. The number of halogens is 3. The molecule has 0 N–H and O–H groups in total. The average molecular weight is 390 g/mol. The Balaban J connectivity index is 1.55. The fourth-order valence-corrected chi connectivity index (χ4v) is 3.71. The summed E-state index contributed by atoms with van der Waals surface area (Å²) in [6.07, 6.45) is 4.47. The Morgan fingerprint density at radius 3 is 2.43 bits per heavy atom. The zero-order valence-electron chi connectivity index (χ0n) is 16.0. The Bertz CT molecular complexity index is 827.